The van der Waals surface area contributed by atoms with E-state index in [4.69, 9.17) is 14.9 Å². The van der Waals surface area contributed by atoms with Crippen molar-refractivity contribution in [2.45, 2.75) is 44.1 Å². The molecule has 0 bridgehead atoms. The molecule has 8 nitrogen and oxygen atoms in total. The number of carbonyl (C=O) groups is 3. The monoisotopic (exact) mass is 480 g/mol. The molecule has 0 aliphatic heterocycles. The highest BCUT2D eigenvalue weighted by atomic mass is 16.5. The number of carboxylic acids is 1. The number of benzene rings is 2. The fourth-order valence-electron chi connectivity index (χ4n) is 5.18. The van der Waals surface area contributed by atoms with Gasteiger partial charge in [0, 0.05) is 31.4 Å². The first-order valence-electron chi connectivity index (χ1n) is 12.2. The van der Waals surface area contributed by atoms with Crippen molar-refractivity contribution in [3.05, 3.63) is 59.7 Å². The molecule has 0 radical (unpaired) electrons. The maximum Gasteiger partial charge on any atom is 0.407 e. The number of ether oxygens (including phenoxy) is 1. The maximum absolute atomic E-state index is 12.4. The Labute approximate surface area is 204 Å². The van der Waals surface area contributed by atoms with Gasteiger partial charge in [0.2, 0.25) is 5.91 Å². The molecule has 2 amide bonds. The summed E-state index contributed by atoms with van der Waals surface area (Å²) in [5, 5.41) is 23.5. The van der Waals surface area contributed by atoms with Crippen LogP contribution in [0.5, 0.6) is 0 Å². The van der Waals surface area contributed by atoms with E-state index in [0.29, 0.717) is 19.4 Å². The molecular weight excluding hydrogens is 448 g/mol. The fraction of sp³-hybridized carbons (Fsp3) is 0.444. The summed E-state index contributed by atoms with van der Waals surface area (Å²) in [5.74, 6) is -1.42. The number of aliphatic hydroxyl groups is 1. The fourth-order valence-corrected chi connectivity index (χ4v) is 5.18. The molecule has 0 saturated heterocycles. The van der Waals surface area contributed by atoms with Gasteiger partial charge in [-0.05, 0) is 53.9 Å². The van der Waals surface area contributed by atoms with Crippen molar-refractivity contribution in [1.82, 2.24) is 10.6 Å². The standard InChI is InChI=1S/C27H32N2O6/c30-14-13-24(26(32)33)29-25(31)18-11-9-17(10-12-18)15-28-27(34)35-16-23-21-7-3-1-5-19(21)20-6-2-4-8-22(20)23/h1-8,17-18,23-24,30H,9-16H2,(H,28,34)(H,29,31)(H,32,33)/t17?,18?,24-/m1/s1. The molecule has 0 spiro atoms. The Morgan fingerprint density at radius 1 is 0.943 bits per heavy atom. The van der Waals surface area contributed by atoms with Crippen LogP contribution in [0.2, 0.25) is 0 Å². The second kappa shape index (κ2) is 11.4. The molecule has 4 rings (SSSR count). The molecule has 0 aromatic heterocycles. The number of rotatable bonds is 9. The van der Waals surface area contributed by atoms with E-state index in [1.807, 2.05) is 24.3 Å². The third-order valence-electron chi connectivity index (χ3n) is 7.13. The molecule has 4 N–H and O–H groups in total. The molecular formula is C27H32N2O6. The first kappa shape index (κ1) is 24.7. The predicted octanol–water partition coefficient (Wildman–Crippen LogP) is 3.28. The Morgan fingerprint density at radius 3 is 2.11 bits per heavy atom. The normalized spacial score (nSPS) is 19.8. The van der Waals surface area contributed by atoms with Gasteiger partial charge < -0.3 is 25.6 Å². The molecule has 0 heterocycles. The summed E-state index contributed by atoms with van der Waals surface area (Å²) in [5.41, 5.74) is 4.71. The van der Waals surface area contributed by atoms with Crippen molar-refractivity contribution in [2.24, 2.45) is 11.8 Å². The van der Waals surface area contributed by atoms with Crippen LogP contribution in [0.3, 0.4) is 0 Å². The number of nitrogens with one attached hydrogen (secondary N) is 2. The largest absolute Gasteiger partial charge is 0.480 e. The van der Waals surface area contributed by atoms with E-state index in [9.17, 15) is 14.4 Å². The van der Waals surface area contributed by atoms with Gasteiger partial charge in [0.25, 0.3) is 0 Å². The predicted molar refractivity (Wildman–Crippen MR) is 130 cm³/mol. The summed E-state index contributed by atoms with van der Waals surface area (Å²) < 4.78 is 5.59. The Bertz CT molecular complexity index is 1020. The van der Waals surface area contributed by atoms with Crippen LogP contribution in [0.15, 0.2) is 48.5 Å². The third kappa shape index (κ3) is 5.82. The van der Waals surface area contributed by atoms with Crippen molar-refractivity contribution in [1.29, 1.82) is 0 Å². The van der Waals surface area contributed by atoms with Gasteiger partial charge in [-0.3, -0.25) is 4.79 Å². The van der Waals surface area contributed by atoms with E-state index in [1.54, 1.807) is 0 Å². The van der Waals surface area contributed by atoms with E-state index in [0.717, 1.165) is 12.8 Å². The maximum atomic E-state index is 12.4. The number of alkyl carbamates (subject to hydrolysis) is 1. The van der Waals surface area contributed by atoms with Crippen LogP contribution in [0.1, 0.15) is 49.1 Å². The number of aliphatic hydroxyl groups excluding tert-OH is 1. The lowest BCUT2D eigenvalue weighted by Crippen LogP contribution is -2.45. The highest BCUT2D eigenvalue weighted by Gasteiger charge is 2.31. The minimum atomic E-state index is -1.15. The van der Waals surface area contributed by atoms with E-state index in [-0.39, 0.29) is 43.3 Å². The molecule has 2 aliphatic rings. The smallest absolute Gasteiger partial charge is 0.407 e. The van der Waals surface area contributed by atoms with Gasteiger partial charge in [0.1, 0.15) is 12.6 Å². The number of fused-ring (bicyclic) bond motifs is 3. The van der Waals surface area contributed by atoms with Gasteiger partial charge in [0.15, 0.2) is 0 Å². The molecule has 35 heavy (non-hydrogen) atoms. The Balaban J connectivity index is 1.21. The molecule has 0 unspecified atom stereocenters. The van der Waals surface area contributed by atoms with Crippen LogP contribution >= 0.6 is 0 Å². The molecule has 1 fully saturated rings. The van der Waals surface area contributed by atoms with Gasteiger partial charge >= 0.3 is 12.1 Å². The Kier molecular flexibility index (Phi) is 8.02. The highest BCUT2D eigenvalue weighted by molar-refractivity contribution is 5.85. The van der Waals surface area contributed by atoms with Crippen LogP contribution in [0.25, 0.3) is 11.1 Å². The second-order valence-electron chi connectivity index (χ2n) is 9.34. The molecule has 1 saturated carbocycles. The summed E-state index contributed by atoms with van der Waals surface area (Å²) in [6.45, 7) is 0.449. The number of amides is 2. The first-order chi connectivity index (χ1) is 17.0. The van der Waals surface area contributed by atoms with Gasteiger partial charge in [0.05, 0.1) is 0 Å². The van der Waals surface area contributed by atoms with Crippen molar-refractivity contribution < 1.29 is 29.3 Å². The molecule has 186 valence electrons. The summed E-state index contributed by atoms with van der Waals surface area (Å²) in [7, 11) is 0. The SMILES string of the molecule is O=C(NCC1CCC(C(=O)N[C@H](CCO)C(=O)O)CC1)OCC1c2ccccc2-c2ccccc21. The average molecular weight is 481 g/mol. The van der Waals surface area contributed by atoms with Gasteiger partial charge in [-0.25, -0.2) is 9.59 Å². The zero-order valence-electron chi connectivity index (χ0n) is 19.6. The minimum absolute atomic E-state index is 0.0134. The first-order valence-corrected chi connectivity index (χ1v) is 12.2. The number of carboxylic acid groups (broad SMARTS) is 1. The van der Waals surface area contributed by atoms with Crippen LogP contribution in [-0.4, -0.2) is 54.0 Å². The summed E-state index contributed by atoms with van der Waals surface area (Å²) in [6, 6.07) is 15.3. The molecule has 2 aliphatic carbocycles. The van der Waals surface area contributed by atoms with Crippen molar-refractivity contribution >= 4 is 18.0 Å². The summed E-state index contributed by atoms with van der Waals surface area (Å²) >= 11 is 0. The zero-order chi connectivity index (χ0) is 24.8. The quantitative estimate of drug-likeness (QED) is 0.437. The van der Waals surface area contributed by atoms with Crippen molar-refractivity contribution in [3.8, 4) is 11.1 Å². The number of aliphatic carboxylic acids is 1. The van der Waals surface area contributed by atoms with E-state index < -0.39 is 18.1 Å². The summed E-state index contributed by atoms with van der Waals surface area (Å²) in [4.78, 5) is 36.0. The lowest BCUT2D eigenvalue weighted by atomic mass is 9.81. The Morgan fingerprint density at radius 2 is 1.54 bits per heavy atom. The number of hydrogen-bond acceptors (Lipinski definition) is 5. The third-order valence-corrected chi connectivity index (χ3v) is 7.13. The number of carbonyl (C=O) groups excluding carboxylic acids is 2. The highest BCUT2D eigenvalue weighted by Crippen LogP contribution is 2.44. The van der Waals surface area contributed by atoms with Crippen molar-refractivity contribution in [2.75, 3.05) is 19.8 Å². The topological polar surface area (TPSA) is 125 Å². The van der Waals surface area contributed by atoms with E-state index in [2.05, 4.69) is 34.9 Å². The van der Waals surface area contributed by atoms with Gasteiger partial charge in [-0.15, -0.1) is 0 Å². The molecule has 1 atom stereocenters. The number of hydrogen-bond donors (Lipinski definition) is 4. The lowest BCUT2D eigenvalue weighted by Gasteiger charge is -2.28. The van der Waals surface area contributed by atoms with Crippen LogP contribution in [-0.2, 0) is 14.3 Å². The molecule has 2 aromatic carbocycles. The van der Waals surface area contributed by atoms with E-state index >= 15 is 0 Å². The molecule has 8 heteroatoms. The lowest BCUT2D eigenvalue weighted by molar-refractivity contribution is -0.143. The van der Waals surface area contributed by atoms with Gasteiger partial charge in [-0.2, -0.15) is 0 Å². The second-order valence-corrected chi connectivity index (χ2v) is 9.34. The minimum Gasteiger partial charge on any atom is -0.480 e. The van der Waals surface area contributed by atoms with Crippen LogP contribution in [0.4, 0.5) is 4.79 Å². The Hall–Kier alpha value is -3.39. The summed E-state index contributed by atoms with van der Waals surface area (Å²) in [6.07, 6.45) is 2.34. The molecule has 2 aromatic rings. The zero-order valence-corrected chi connectivity index (χ0v) is 19.6. The van der Waals surface area contributed by atoms with E-state index in [1.165, 1.54) is 22.3 Å². The average Bonchev–Trinajstić information content (AvgIpc) is 3.20. The van der Waals surface area contributed by atoms with Gasteiger partial charge in [-0.1, -0.05) is 48.5 Å². The van der Waals surface area contributed by atoms with Crippen molar-refractivity contribution in [3.63, 3.8) is 0 Å². The van der Waals surface area contributed by atoms with Crippen LogP contribution in [0, 0.1) is 11.8 Å². The van der Waals surface area contributed by atoms with Crippen LogP contribution < -0.4 is 10.6 Å².